The van der Waals surface area contributed by atoms with E-state index in [1.165, 1.54) is 0 Å². The minimum atomic E-state index is -0.684. The molecule has 3 aromatic rings. The van der Waals surface area contributed by atoms with E-state index in [0.717, 1.165) is 35.1 Å². The zero-order valence-corrected chi connectivity index (χ0v) is 22.1. The monoisotopic (exact) mass is 506 g/mol. The Bertz CT molecular complexity index is 1130. The third-order valence-electron chi connectivity index (χ3n) is 6.21. The van der Waals surface area contributed by atoms with E-state index in [1.807, 2.05) is 74.5 Å². The number of halogens is 1. The summed E-state index contributed by atoms with van der Waals surface area (Å²) in [6, 6.07) is 22.2. The molecule has 3 rings (SSSR count). The van der Waals surface area contributed by atoms with Crippen molar-refractivity contribution in [3.63, 3.8) is 0 Å². The van der Waals surface area contributed by atoms with E-state index < -0.39 is 6.04 Å². The van der Waals surface area contributed by atoms with Crippen LogP contribution in [0.2, 0.25) is 5.02 Å². The molecule has 0 aliphatic heterocycles. The van der Waals surface area contributed by atoms with Crippen molar-refractivity contribution >= 4 is 23.4 Å². The summed E-state index contributed by atoms with van der Waals surface area (Å²) in [5.74, 6) is 0.209. The summed E-state index contributed by atoms with van der Waals surface area (Å²) in [4.78, 5) is 28.6. The van der Waals surface area contributed by atoms with Gasteiger partial charge < -0.3 is 15.0 Å². The van der Waals surface area contributed by atoms with Gasteiger partial charge in [-0.3, -0.25) is 9.59 Å². The number of nitrogens with zero attached hydrogens (tertiary/aromatic N) is 1. The number of rotatable bonds is 12. The van der Waals surface area contributed by atoms with Gasteiger partial charge in [-0.25, -0.2) is 0 Å². The number of hydrogen-bond donors (Lipinski definition) is 1. The summed E-state index contributed by atoms with van der Waals surface area (Å²) in [6.45, 7) is 6.79. The average molecular weight is 507 g/mol. The lowest BCUT2D eigenvalue weighted by molar-refractivity contribution is -0.142. The van der Waals surface area contributed by atoms with Crippen LogP contribution in [0.15, 0.2) is 72.8 Å². The highest BCUT2D eigenvalue weighted by molar-refractivity contribution is 6.30. The highest BCUT2D eigenvalue weighted by atomic mass is 35.5. The van der Waals surface area contributed by atoms with E-state index in [9.17, 15) is 9.59 Å². The minimum absolute atomic E-state index is 0.163. The van der Waals surface area contributed by atoms with Crippen molar-refractivity contribution in [1.29, 1.82) is 0 Å². The lowest BCUT2D eigenvalue weighted by atomic mass is 10.0. The molecule has 0 aromatic heterocycles. The van der Waals surface area contributed by atoms with E-state index in [4.69, 9.17) is 16.3 Å². The Labute approximate surface area is 219 Å². The summed E-state index contributed by atoms with van der Waals surface area (Å²) in [5.41, 5.74) is 4.12. The van der Waals surface area contributed by atoms with Gasteiger partial charge >= 0.3 is 0 Å². The van der Waals surface area contributed by atoms with Gasteiger partial charge in [-0.05, 0) is 66.8 Å². The first-order chi connectivity index (χ1) is 17.4. The standard InChI is InChI=1S/C30H35ClN2O3/c1-4-5-17-32-30(35)28(19-24-9-7-6-8-10-24)33(20-25-12-14-26(31)15-13-25)29(34)21-36-27-16-11-22(2)23(3)18-27/h6-16,18,28H,4-5,17,19-21H2,1-3H3,(H,32,35). The maximum Gasteiger partial charge on any atom is 0.261 e. The SMILES string of the molecule is CCCCNC(=O)C(Cc1ccccc1)N(Cc1ccc(Cl)cc1)C(=O)COc1ccc(C)c(C)c1. The van der Waals surface area contributed by atoms with Gasteiger partial charge in [0, 0.05) is 24.5 Å². The quantitative estimate of drug-likeness (QED) is 0.311. The molecule has 0 heterocycles. The second-order valence-electron chi connectivity index (χ2n) is 9.03. The second-order valence-corrected chi connectivity index (χ2v) is 9.47. The van der Waals surface area contributed by atoms with Gasteiger partial charge in [0.1, 0.15) is 11.8 Å². The number of benzene rings is 3. The molecule has 0 aliphatic carbocycles. The summed E-state index contributed by atoms with van der Waals surface area (Å²) < 4.78 is 5.88. The van der Waals surface area contributed by atoms with Gasteiger partial charge in [-0.1, -0.05) is 73.5 Å². The van der Waals surface area contributed by atoms with Crippen LogP contribution in [-0.4, -0.2) is 35.9 Å². The molecule has 0 spiro atoms. The highest BCUT2D eigenvalue weighted by Gasteiger charge is 2.30. The minimum Gasteiger partial charge on any atom is -0.484 e. The van der Waals surface area contributed by atoms with E-state index in [-0.39, 0.29) is 25.0 Å². The lowest BCUT2D eigenvalue weighted by Gasteiger charge is -2.31. The molecule has 36 heavy (non-hydrogen) atoms. The summed E-state index contributed by atoms with van der Waals surface area (Å²) >= 11 is 6.08. The predicted octanol–water partition coefficient (Wildman–Crippen LogP) is 5.89. The third kappa shape index (κ3) is 8.13. The van der Waals surface area contributed by atoms with Gasteiger partial charge in [0.2, 0.25) is 5.91 Å². The van der Waals surface area contributed by atoms with Crippen molar-refractivity contribution in [3.8, 4) is 5.75 Å². The maximum atomic E-state index is 13.6. The Hall–Kier alpha value is -3.31. The number of aryl methyl sites for hydroxylation is 2. The number of nitrogens with one attached hydrogen (secondary N) is 1. The first kappa shape index (κ1) is 27.3. The van der Waals surface area contributed by atoms with Gasteiger partial charge in [0.05, 0.1) is 0 Å². The van der Waals surface area contributed by atoms with Crippen LogP contribution in [0.1, 0.15) is 42.0 Å². The van der Waals surface area contributed by atoms with Crippen molar-refractivity contribution in [2.45, 2.75) is 52.6 Å². The molecule has 3 aromatic carbocycles. The first-order valence-corrected chi connectivity index (χ1v) is 12.8. The fourth-order valence-electron chi connectivity index (χ4n) is 3.88. The Kier molecular flexibility index (Phi) is 10.4. The van der Waals surface area contributed by atoms with Gasteiger partial charge in [0.25, 0.3) is 5.91 Å². The molecule has 0 saturated heterocycles. The zero-order chi connectivity index (χ0) is 25.9. The molecule has 190 valence electrons. The van der Waals surface area contributed by atoms with Gasteiger partial charge in [-0.2, -0.15) is 0 Å². The molecule has 0 aliphatic rings. The van der Waals surface area contributed by atoms with Crippen LogP contribution in [0, 0.1) is 13.8 Å². The van der Waals surface area contributed by atoms with Crippen LogP contribution < -0.4 is 10.1 Å². The van der Waals surface area contributed by atoms with Crippen LogP contribution in [0.25, 0.3) is 0 Å². The number of carbonyl (C=O) groups is 2. The number of hydrogen-bond acceptors (Lipinski definition) is 3. The van der Waals surface area contributed by atoms with Gasteiger partial charge in [0.15, 0.2) is 6.61 Å². The van der Waals surface area contributed by atoms with Crippen molar-refractivity contribution in [2.24, 2.45) is 0 Å². The molecule has 1 atom stereocenters. The Morgan fingerprint density at radius 2 is 1.67 bits per heavy atom. The molecule has 1 N–H and O–H groups in total. The normalized spacial score (nSPS) is 11.6. The maximum absolute atomic E-state index is 13.6. The molecule has 0 radical (unpaired) electrons. The number of carbonyl (C=O) groups excluding carboxylic acids is 2. The smallest absolute Gasteiger partial charge is 0.261 e. The van der Waals surface area contributed by atoms with E-state index in [2.05, 4.69) is 12.2 Å². The summed E-state index contributed by atoms with van der Waals surface area (Å²) in [5, 5.41) is 3.65. The highest BCUT2D eigenvalue weighted by Crippen LogP contribution is 2.19. The molecule has 5 nitrogen and oxygen atoms in total. The van der Waals surface area contributed by atoms with E-state index in [1.54, 1.807) is 17.0 Å². The van der Waals surface area contributed by atoms with E-state index >= 15 is 0 Å². The van der Waals surface area contributed by atoms with Crippen LogP contribution in [0.4, 0.5) is 0 Å². The molecule has 0 bridgehead atoms. The third-order valence-corrected chi connectivity index (χ3v) is 6.46. The van der Waals surface area contributed by atoms with Gasteiger partial charge in [-0.15, -0.1) is 0 Å². The fourth-order valence-corrected chi connectivity index (χ4v) is 4.00. The second kappa shape index (κ2) is 13.7. The van der Waals surface area contributed by atoms with Crippen LogP contribution >= 0.6 is 11.6 Å². The van der Waals surface area contributed by atoms with Crippen molar-refractivity contribution < 1.29 is 14.3 Å². The summed E-state index contributed by atoms with van der Waals surface area (Å²) in [6.07, 6.45) is 2.26. The molecule has 6 heteroatoms. The van der Waals surface area contributed by atoms with E-state index in [0.29, 0.717) is 23.7 Å². The molecule has 2 amide bonds. The Balaban J connectivity index is 1.88. The van der Waals surface area contributed by atoms with Crippen LogP contribution in [0.3, 0.4) is 0 Å². The molecular formula is C30H35ClN2O3. The predicted molar refractivity (Wildman–Crippen MR) is 145 cm³/mol. The molecular weight excluding hydrogens is 472 g/mol. The van der Waals surface area contributed by atoms with Crippen LogP contribution in [-0.2, 0) is 22.6 Å². The Morgan fingerprint density at radius 1 is 0.944 bits per heavy atom. The average Bonchev–Trinajstić information content (AvgIpc) is 2.88. The number of amides is 2. The summed E-state index contributed by atoms with van der Waals surface area (Å²) in [7, 11) is 0. The van der Waals surface area contributed by atoms with Crippen molar-refractivity contribution in [2.75, 3.05) is 13.2 Å². The largest absolute Gasteiger partial charge is 0.484 e. The number of unbranched alkanes of at least 4 members (excludes halogenated alkanes) is 1. The van der Waals surface area contributed by atoms with Crippen molar-refractivity contribution in [1.82, 2.24) is 10.2 Å². The zero-order valence-electron chi connectivity index (χ0n) is 21.3. The first-order valence-electron chi connectivity index (χ1n) is 12.4. The fraction of sp³-hybridized carbons (Fsp3) is 0.333. The topological polar surface area (TPSA) is 58.6 Å². The number of ether oxygens (including phenoxy) is 1. The molecule has 1 unspecified atom stereocenters. The molecule has 0 fully saturated rings. The Morgan fingerprint density at radius 3 is 2.33 bits per heavy atom. The molecule has 0 saturated carbocycles. The lowest BCUT2D eigenvalue weighted by Crippen LogP contribution is -2.51. The van der Waals surface area contributed by atoms with Crippen LogP contribution in [0.5, 0.6) is 5.75 Å². The van der Waals surface area contributed by atoms with Crippen molar-refractivity contribution in [3.05, 3.63) is 100 Å².